The molecule has 1 unspecified atom stereocenters. The predicted octanol–water partition coefficient (Wildman–Crippen LogP) is 0.628. The van der Waals surface area contributed by atoms with E-state index in [4.69, 9.17) is 4.55 Å². The van der Waals surface area contributed by atoms with Crippen molar-refractivity contribution in [1.82, 2.24) is 0 Å². The Balaban J connectivity index is 4.68. The van der Waals surface area contributed by atoms with Crippen LogP contribution in [-0.2, 0) is 19.6 Å². The van der Waals surface area contributed by atoms with Crippen molar-refractivity contribution in [2.45, 2.75) is 19.1 Å². The van der Waals surface area contributed by atoms with Gasteiger partial charge in [0.2, 0.25) is 0 Å². The molecule has 0 aromatic heterocycles. The highest BCUT2D eigenvalue weighted by Crippen LogP contribution is 2.12. The van der Waals surface area contributed by atoms with Crippen LogP contribution >= 0.6 is 0 Å². The monoisotopic (exact) mass is 222 g/mol. The number of carbonyl (C=O) groups excluding carboxylic acids is 1. The Morgan fingerprint density at radius 2 is 2.07 bits per heavy atom. The van der Waals surface area contributed by atoms with E-state index in [9.17, 15) is 13.2 Å². The molecule has 0 aliphatic carbocycles. The fourth-order valence-corrected chi connectivity index (χ4v) is 1.96. The summed E-state index contributed by atoms with van der Waals surface area (Å²) in [5.41, 5.74) is 0. The van der Waals surface area contributed by atoms with E-state index in [2.05, 4.69) is 11.3 Å². The van der Waals surface area contributed by atoms with Crippen LogP contribution in [0.4, 0.5) is 0 Å². The molecule has 14 heavy (non-hydrogen) atoms. The van der Waals surface area contributed by atoms with Crippen LogP contribution in [0.2, 0.25) is 0 Å². The van der Waals surface area contributed by atoms with E-state index in [0.717, 1.165) is 0 Å². The second kappa shape index (κ2) is 5.11. The van der Waals surface area contributed by atoms with E-state index in [1.165, 1.54) is 19.9 Å². The van der Waals surface area contributed by atoms with Crippen molar-refractivity contribution in [2.75, 3.05) is 6.61 Å². The highest BCUT2D eigenvalue weighted by Gasteiger charge is 2.35. The van der Waals surface area contributed by atoms with Gasteiger partial charge in [-0.25, -0.2) is 0 Å². The van der Waals surface area contributed by atoms with Crippen molar-refractivity contribution in [2.24, 2.45) is 5.92 Å². The van der Waals surface area contributed by atoms with Crippen molar-refractivity contribution < 1.29 is 22.5 Å². The molecule has 5 nitrogen and oxygen atoms in total. The summed E-state index contributed by atoms with van der Waals surface area (Å²) >= 11 is 0. The largest absolute Gasteiger partial charge is 0.460 e. The number of hydrogen-bond acceptors (Lipinski definition) is 4. The summed E-state index contributed by atoms with van der Waals surface area (Å²) < 4.78 is 34.9. The van der Waals surface area contributed by atoms with Gasteiger partial charge in [0.15, 0.2) is 5.25 Å². The summed E-state index contributed by atoms with van der Waals surface area (Å²) in [5.74, 6) is -1.50. The molecule has 0 heterocycles. The molecule has 0 saturated heterocycles. The number of carbonyl (C=O) groups is 1. The molecule has 0 amide bonds. The third-order valence-corrected chi connectivity index (χ3v) is 2.88. The van der Waals surface area contributed by atoms with Gasteiger partial charge in [-0.2, -0.15) is 8.42 Å². The second-order valence-corrected chi connectivity index (χ2v) is 4.64. The predicted molar refractivity (Wildman–Crippen MR) is 51.3 cm³/mol. The smallest absolute Gasteiger partial charge is 0.327 e. The second-order valence-electron chi connectivity index (χ2n) is 3.10. The Morgan fingerprint density at radius 1 is 1.57 bits per heavy atom. The summed E-state index contributed by atoms with van der Waals surface area (Å²) in [6, 6.07) is 0. The van der Waals surface area contributed by atoms with E-state index in [-0.39, 0.29) is 6.61 Å². The average Bonchev–Trinajstić information content (AvgIpc) is 1.97. The fourth-order valence-electron chi connectivity index (χ4n) is 0.961. The molecule has 0 fully saturated rings. The van der Waals surface area contributed by atoms with Gasteiger partial charge in [-0.3, -0.25) is 9.35 Å². The van der Waals surface area contributed by atoms with Crippen molar-refractivity contribution >= 4 is 16.1 Å². The average molecular weight is 222 g/mol. The van der Waals surface area contributed by atoms with Gasteiger partial charge in [0.05, 0.1) is 0 Å². The molecule has 0 saturated carbocycles. The summed E-state index contributed by atoms with van der Waals surface area (Å²) in [6.07, 6.45) is 1.32. The van der Waals surface area contributed by atoms with Crippen molar-refractivity contribution in [3.05, 3.63) is 12.7 Å². The minimum Gasteiger partial charge on any atom is -0.460 e. The standard InChI is InChI=1S/C8H14O5S/c1-4-5-13-8(9)7(6(2)3)14(10,11)12/h4,6-7H,1,5H2,2-3H3,(H,10,11,12). The lowest BCUT2D eigenvalue weighted by Gasteiger charge is -2.15. The van der Waals surface area contributed by atoms with Crippen LogP contribution in [0.5, 0.6) is 0 Å². The molecule has 6 heteroatoms. The molecule has 0 aliphatic heterocycles. The normalized spacial score (nSPS) is 13.7. The van der Waals surface area contributed by atoms with Crippen LogP contribution in [0, 0.1) is 5.92 Å². The first-order valence-electron chi connectivity index (χ1n) is 4.04. The third kappa shape index (κ3) is 3.89. The number of ether oxygens (including phenoxy) is 1. The van der Waals surface area contributed by atoms with E-state index in [1.807, 2.05) is 0 Å². The van der Waals surface area contributed by atoms with Gasteiger partial charge in [0.25, 0.3) is 10.1 Å². The fraction of sp³-hybridized carbons (Fsp3) is 0.625. The Kier molecular flexibility index (Phi) is 4.79. The topological polar surface area (TPSA) is 80.7 Å². The summed E-state index contributed by atoms with van der Waals surface area (Å²) in [7, 11) is -4.40. The molecule has 0 spiro atoms. The van der Waals surface area contributed by atoms with Crippen LogP contribution in [0.3, 0.4) is 0 Å². The maximum atomic E-state index is 11.2. The van der Waals surface area contributed by atoms with Crippen LogP contribution in [0.25, 0.3) is 0 Å². The molecule has 1 atom stereocenters. The Labute approximate surface area is 83.5 Å². The quantitative estimate of drug-likeness (QED) is 0.419. The Hall–Kier alpha value is -0.880. The van der Waals surface area contributed by atoms with Gasteiger partial charge in [0.1, 0.15) is 6.61 Å². The van der Waals surface area contributed by atoms with Crippen molar-refractivity contribution in [3.63, 3.8) is 0 Å². The van der Waals surface area contributed by atoms with E-state index in [1.54, 1.807) is 0 Å². The number of esters is 1. The maximum absolute atomic E-state index is 11.2. The van der Waals surface area contributed by atoms with Gasteiger partial charge < -0.3 is 4.74 Å². The first-order chi connectivity index (χ1) is 6.30. The van der Waals surface area contributed by atoms with E-state index >= 15 is 0 Å². The lowest BCUT2D eigenvalue weighted by Crippen LogP contribution is -2.36. The minimum atomic E-state index is -4.40. The van der Waals surface area contributed by atoms with Gasteiger partial charge in [0, 0.05) is 0 Å². The van der Waals surface area contributed by atoms with Crippen LogP contribution in [0.15, 0.2) is 12.7 Å². The third-order valence-electron chi connectivity index (χ3n) is 1.50. The summed E-state index contributed by atoms with van der Waals surface area (Å²) in [4.78, 5) is 11.2. The summed E-state index contributed by atoms with van der Waals surface area (Å²) in [6.45, 7) is 6.25. The van der Waals surface area contributed by atoms with Gasteiger partial charge >= 0.3 is 5.97 Å². The summed E-state index contributed by atoms with van der Waals surface area (Å²) in [5, 5.41) is -1.53. The molecule has 0 bridgehead atoms. The zero-order valence-electron chi connectivity index (χ0n) is 8.13. The molecule has 0 radical (unpaired) electrons. The highest BCUT2D eigenvalue weighted by molar-refractivity contribution is 7.87. The van der Waals surface area contributed by atoms with Gasteiger partial charge in [-0.15, -0.1) is 0 Å². The molecular formula is C8H14O5S. The zero-order valence-corrected chi connectivity index (χ0v) is 8.95. The highest BCUT2D eigenvalue weighted by atomic mass is 32.2. The van der Waals surface area contributed by atoms with Gasteiger partial charge in [-0.1, -0.05) is 26.5 Å². The first-order valence-corrected chi connectivity index (χ1v) is 5.54. The zero-order chi connectivity index (χ0) is 11.4. The lowest BCUT2D eigenvalue weighted by atomic mass is 10.1. The van der Waals surface area contributed by atoms with Gasteiger partial charge in [-0.05, 0) is 5.92 Å². The number of rotatable bonds is 5. The number of hydrogen-bond donors (Lipinski definition) is 1. The first kappa shape index (κ1) is 13.1. The molecular weight excluding hydrogens is 208 g/mol. The van der Waals surface area contributed by atoms with Crippen molar-refractivity contribution in [3.8, 4) is 0 Å². The lowest BCUT2D eigenvalue weighted by molar-refractivity contribution is -0.142. The molecule has 0 aromatic rings. The molecule has 0 rings (SSSR count). The molecule has 0 aliphatic rings. The maximum Gasteiger partial charge on any atom is 0.327 e. The molecule has 82 valence electrons. The van der Waals surface area contributed by atoms with E-state index in [0.29, 0.717) is 0 Å². The molecule has 0 aromatic carbocycles. The van der Waals surface area contributed by atoms with Crippen LogP contribution in [0.1, 0.15) is 13.8 Å². The minimum absolute atomic E-state index is 0.0719. The van der Waals surface area contributed by atoms with Crippen LogP contribution in [-0.4, -0.2) is 30.8 Å². The van der Waals surface area contributed by atoms with Crippen LogP contribution < -0.4 is 0 Å². The SMILES string of the molecule is C=CCOC(=O)C(C(C)C)S(=O)(=O)O. The van der Waals surface area contributed by atoms with Crippen molar-refractivity contribution in [1.29, 1.82) is 0 Å². The Bertz CT molecular complexity index is 304. The Morgan fingerprint density at radius 3 is 2.36 bits per heavy atom. The van der Waals surface area contributed by atoms with E-state index < -0.39 is 27.3 Å². The molecule has 1 N–H and O–H groups in total.